The Bertz CT molecular complexity index is 776. The number of carbonyl (C=O) groups is 1. The number of alkyl halides is 3. The van der Waals surface area contributed by atoms with Gasteiger partial charge in [-0.2, -0.15) is 13.2 Å². The predicted octanol–water partition coefficient (Wildman–Crippen LogP) is 3.14. The lowest BCUT2D eigenvalue weighted by Gasteiger charge is -2.11. The molecule has 0 aliphatic heterocycles. The average molecular weight is 415 g/mol. The van der Waals surface area contributed by atoms with Crippen LogP contribution >= 0.6 is 11.8 Å². The van der Waals surface area contributed by atoms with Crippen LogP contribution in [0.5, 0.6) is 5.75 Å². The zero-order valence-corrected chi connectivity index (χ0v) is 15.8. The molecule has 1 aromatic heterocycles. The van der Waals surface area contributed by atoms with Gasteiger partial charge in [0.2, 0.25) is 11.1 Å². The van der Waals surface area contributed by atoms with Gasteiger partial charge in [-0.05, 0) is 41.0 Å². The van der Waals surface area contributed by atoms with Gasteiger partial charge >= 0.3 is 6.18 Å². The minimum atomic E-state index is -4.37. The van der Waals surface area contributed by atoms with Crippen molar-refractivity contribution >= 4 is 17.7 Å². The number of carbonyl (C=O) groups excluding carboxylic acids is 1. The summed E-state index contributed by atoms with van der Waals surface area (Å²) in [7, 11) is 0. The Hall–Kier alpha value is -2.30. The van der Waals surface area contributed by atoms with E-state index < -0.39 is 12.8 Å². The Morgan fingerprint density at radius 1 is 1.25 bits per heavy atom. The summed E-state index contributed by atoms with van der Waals surface area (Å²) in [6.07, 6.45) is 0.0487. The van der Waals surface area contributed by atoms with Crippen molar-refractivity contribution in [1.82, 2.24) is 25.5 Å². The van der Waals surface area contributed by atoms with E-state index in [9.17, 15) is 18.0 Å². The smallest absolute Gasteiger partial charge is 0.422 e. The molecule has 7 nitrogen and oxygen atoms in total. The zero-order valence-electron chi connectivity index (χ0n) is 15.0. The third kappa shape index (κ3) is 6.11. The molecule has 0 bridgehead atoms. The number of benzene rings is 1. The first-order valence-corrected chi connectivity index (χ1v) is 9.85. The van der Waals surface area contributed by atoms with E-state index in [1.54, 1.807) is 16.8 Å². The van der Waals surface area contributed by atoms with Crippen LogP contribution in [0.1, 0.15) is 37.3 Å². The van der Waals surface area contributed by atoms with E-state index in [2.05, 4.69) is 25.6 Å². The zero-order chi connectivity index (χ0) is 20.0. The third-order valence-corrected chi connectivity index (χ3v) is 5.21. The Kier molecular flexibility index (Phi) is 6.76. The van der Waals surface area contributed by atoms with Crippen molar-refractivity contribution in [2.45, 2.75) is 49.6 Å². The van der Waals surface area contributed by atoms with E-state index in [-0.39, 0.29) is 24.0 Å². The van der Waals surface area contributed by atoms with Crippen LogP contribution in [0, 0.1) is 0 Å². The molecular formula is C17H20F3N5O2S. The van der Waals surface area contributed by atoms with Crippen molar-refractivity contribution in [1.29, 1.82) is 0 Å². The maximum atomic E-state index is 12.1. The maximum Gasteiger partial charge on any atom is 0.422 e. The van der Waals surface area contributed by atoms with Gasteiger partial charge in [0, 0.05) is 6.54 Å². The van der Waals surface area contributed by atoms with Gasteiger partial charge in [-0.15, -0.1) is 5.10 Å². The van der Waals surface area contributed by atoms with Crippen LogP contribution in [0.3, 0.4) is 0 Å². The number of tetrazole rings is 1. The van der Waals surface area contributed by atoms with Gasteiger partial charge < -0.3 is 10.1 Å². The first-order chi connectivity index (χ1) is 13.4. The minimum Gasteiger partial charge on any atom is -0.484 e. The molecule has 0 unspecified atom stereocenters. The van der Waals surface area contributed by atoms with Crippen LogP contribution in [0.2, 0.25) is 0 Å². The molecule has 1 N–H and O–H groups in total. The molecule has 1 fully saturated rings. The number of rotatable bonds is 8. The topological polar surface area (TPSA) is 81.9 Å². The summed E-state index contributed by atoms with van der Waals surface area (Å²) < 4.78 is 42.8. The summed E-state index contributed by atoms with van der Waals surface area (Å²) in [5, 5.41) is 15.1. The second kappa shape index (κ2) is 9.26. The van der Waals surface area contributed by atoms with Crippen molar-refractivity contribution in [3.8, 4) is 5.75 Å². The van der Waals surface area contributed by atoms with E-state index in [1.807, 2.05) is 0 Å². The lowest BCUT2D eigenvalue weighted by Crippen LogP contribution is -2.25. The highest BCUT2D eigenvalue weighted by atomic mass is 32.2. The predicted molar refractivity (Wildman–Crippen MR) is 95.9 cm³/mol. The number of nitrogens with zero attached hydrogens (tertiary/aromatic N) is 4. The fraction of sp³-hybridized carbons (Fsp3) is 0.529. The van der Waals surface area contributed by atoms with Gasteiger partial charge in [-0.1, -0.05) is 36.7 Å². The number of hydrogen-bond acceptors (Lipinski definition) is 6. The summed E-state index contributed by atoms with van der Waals surface area (Å²) in [6.45, 7) is -1.06. The molecule has 0 spiro atoms. The molecule has 1 aromatic carbocycles. The molecule has 1 saturated carbocycles. The van der Waals surface area contributed by atoms with Crippen LogP contribution in [-0.4, -0.2) is 44.7 Å². The molecule has 0 atom stereocenters. The quantitative estimate of drug-likeness (QED) is 0.667. The van der Waals surface area contributed by atoms with Crippen LogP contribution < -0.4 is 10.1 Å². The molecule has 0 saturated heterocycles. The van der Waals surface area contributed by atoms with Gasteiger partial charge in [0.1, 0.15) is 5.75 Å². The molecule has 152 valence electrons. The summed E-state index contributed by atoms with van der Waals surface area (Å²) in [6, 6.07) is 6.41. The largest absolute Gasteiger partial charge is 0.484 e. The van der Waals surface area contributed by atoms with Crippen molar-refractivity contribution in [3.63, 3.8) is 0 Å². The highest BCUT2D eigenvalue weighted by Crippen LogP contribution is 2.31. The number of thioether (sulfide) groups is 1. The van der Waals surface area contributed by atoms with E-state index >= 15 is 0 Å². The molecule has 1 amide bonds. The highest BCUT2D eigenvalue weighted by molar-refractivity contribution is 7.99. The fourth-order valence-corrected chi connectivity index (χ4v) is 3.68. The lowest BCUT2D eigenvalue weighted by molar-refractivity contribution is -0.153. The van der Waals surface area contributed by atoms with Crippen molar-refractivity contribution in [2.75, 3.05) is 12.4 Å². The Labute approximate surface area is 164 Å². The lowest BCUT2D eigenvalue weighted by atomic mass is 10.2. The van der Waals surface area contributed by atoms with Gasteiger partial charge in [0.05, 0.1) is 11.8 Å². The fourth-order valence-electron chi connectivity index (χ4n) is 2.91. The van der Waals surface area contributed by atoms with Gasteiger partial charge in [-0.3, -0.25) is 4.79 Å². The van der Waals surface area contributed by atoms with Crippen LogP contribution in [0.4, 0.5) is 13.2 Å². The third-order valence-electron chi connectivity index (χ3n) is 4.28. The molecular weight excluding hydrogens is 395 g/mol. The summed E-state index contributed by atoms with van der Waals surface area (Å²) >= 11 is 1.28. The molecule has 28 heavy (non-hydrogen) atoms. The standard InChI is InChI=1S/C17H20F3N5O2S/c18-17(19,20)11-27-14-7-5-12(6-8-14)9-21-15(26)10-28-16-22-23-24-25(16)13-3-1-2-4-13/h5-8,13H,1-4,9-11H2,(H,21,26). The number of amides is 1. The normalized spacial score (nSPS) is 15.0. The Morgan fingerprint density at radius 3 is 2.64 bits per heavy atom. The number of aromatic nitrogens is 4. The first kappa shape index (κ1) is 20.4. The number of nitrogens with one attached hydrogen (secondary N) is 1. The van der Waals surface area contributed by atoms with E-state index in [1.165, 1.54) is 23.9 Å². The molecule has 11 heteroatoms. The van der Waals surface area contributed by atoms with Crippen LogP contribution in [0.25, 0.3) is 0 Å². The van der Waals surface area contributed by atoms with Gasteiger partial charge in [-0.25, -0.2) is 4.68 Å². The summed E-state index contributed by atoms with van der Waals surface area (Å²) in [5.41, 5.74) is 0.758. The molecule has 2 aromatic rings. The van der Waals surface area contributed by atoms with Crippen molar-refractivity contribution in [3.05, 3.63) is 29.8 Å². The van der Waals surface area contributed by atoms with Crippen LogP contribution in [0.15, 0.2) is 29.4 Å². The van der Waals surface area contributed by atoms with Gasteiger partial charge in [0.15, 0.2) is 6.61 Å². The number of halogens is 3. The molecule has 3 rings (SSSR count). The van der Waals surface area contributed by atoms with Gasteiger partial charge in [0.25, 0.3) is 0 Å². The SMILES string of the molecule is O=C(CSc1nnnn1C1CCCC1)NCc1ccc(OCC(F)(F)F)cc1. The maximum absolute atomic E-state index is 12.1. The van der Waals surface area contributed by atoms with Crippen molar-refractivity contribution in [2.24, 2.45) is 0 Å². The number of ether oxygens (including phenoxy) is 1. The van der Waals surface area contributed by atoms with Crippen LogP contribution in [-0.2, 0) is 11.3 Å². The summed E-state index contributed by atoms with van der Waals surface area (Å²) in [4.78, 5) is 12.1. The second-order valence-electron chi connectivity index (χ2n) is 6.46. The average Bonchev–Trinajstić information content (AvgIpc) is 3.34. The molecule has 1 heterocycles. The van der Waals surface area contributed by atoms with Crippen molar-refractivity contribution < 1.29 is 22.7 Å². The monoisotopic (exact) mass is 415 g/mol. The molecule has 1 aliphatic rings. The highest BCUT2D eigenvalue weighted by Gasteiger charge is 2.28. The number of hydrogen-bond donors (Lipinski definition) is 1. The molecule has 1 aliphatic carbocycles. The Morgan fingerprint density at radius 2 is 1.96 bits per heavy atom. The first-order valence-electron chi connectivity index (χ1n) is 8.86. The summed E-state index contributed by atoms with van der Waals surface area (Å²) in [5.74, 6) is 0.130. The molecule has 0 radical (unpaired) electrons. The van der Waals surface area contributed by atoms with E-state index in [0.29, 0.717) is 11.2 Å². The Balaban J connectivity index is 1.42. The van der Waals surface area contributed by atoms with E-state index in [4.69, 9.17) is 0 Å². The minimum absolute atomic E-state index is 0.127. The van der Waals surface area contributed by atoms with E-state index in [0.717, 1.165) is 31.2 Å². The second-order valence-corrected chi connectivity index (χ2v) is 7.40.